The molecule has 0 atom stereocenters. The Hall–Kier alpha value is -6.18. The molecule has 1 heterocycles. The number of methoxy groups -OCH3 is 1. The summed E-state index contributed by atoms with van der Waals surface area (Å²) in [7, 11) is 1.35. The van der Waals surface area contributed by atoms with Gasteiger partial charge in [-0.05, 0) is 67.4 Å². The topological polar surface area (TPSA) is 147 Å². The molecule has 11 nitrogen and oxygen atoms in total. The molecule has 1 aliphatic rings. The lowest BCUT2D eigenvalue weighted by Crippen LogP contribution is -2.41. The van der Waals surface area contributed by atoms with Gasteiger partial charge >= 0.3 is 0 Å². The van der Waals surface area contributed by atoms with Gasteiger partial charge in [0.15, 0.2) is 34.6 Å². The Morgan fingerprint density at radius 2 is 1.47 bits per heavy atom. The van der Waals surface area contributed by atoms with Crippen LogP contribution in [0.15, 0.2) is 85.1 Å². The normalized spacial score (nSPS) is 13.1. The largest absolute Gasteiger partial charge is 0.493 e. The second-order valence-electron chi connectivity index (χ2n) is 10.6. The molecule has 2 N–H and O–H groups in total. The van der Waals surface area contributed by atoms with E-state index in [1.807, 2.05) is 0 Å². The van der Waals surface area contributed by atoms with Crippen molar-refractivity contribution in [2.45, 2.75) is 12.8 Å². The smallest absolute Gasteiger partial charge is 0.272 e. The van der Waals surface area contributed by atoms with Crippen molar-refractivity contribution in [1.82, 2.24) is 4.98 Å². The van der Waals surface area contributed by atoms with Gasteiger partial charge in [-0.3, -0.25) is 29.6 Å². The number of nitrogens with zero attached hydrogens (tertiary/aromatic N) is 3. The molecule has 2 amide bonds. The van der Waals surface area contributed by atoms with Crippen LogP contribution in [0.2, 0.25) is 0 Å². The highest BCUT2D eigenvalue weighted by atomic mass is 19.1. The minimum Gasteiger partial charge on any atom is -0.493 e. The Labute approximate surface area is 264 Å². The number of pyridine rings is 1. The summed E-state index contributed by atoms with van der Waals surface area (Å²) in [5.41, 5.74) is 4.21. The lowest BCUT2D eigenvalue weighted by Gasteiger charge is -2.26. The predicted molar refractivity (Wildman–Crippen MR) is 162 cm³/mol. The first-order valence-electron chi connectivity index (χ1n) is 14.0. The van der Waals surface area contributed by atoms with Crippen LogP contribution in [0.1, 0.15) is 12.8 Å². The van der Waals surface area contributed by atoms with Gasteiger partial charge in [0.2, 0.25) is 11.8 Å². The summed E-state index contributed by atoms with van der Waals surface area (Å²) >= 11 is 0. The van der Waals surface area contributed by atoms with Crippen molar-refractivity contribution >= 4 is 39.8 Å². The summed E-state index contributed by atoms with van der Waals surface area (Å²) in [6.45, 7) is 0. The van der Waals surface area contributed by atoms with Gasteiger partial charge in [0.05, 0.1) is 29.3 Å². The summed E-state index contributed by atoms with van der Waals surface area (Å²) in [4.78, 5) is 41.4. The van der Waals surface area contributed by atoms with Gasteiger partial charge in [0.1, 0.15) is 17.0 Å². The molecule has 14 heteroatoms. The fourth-order valence-electron chi connectivity index (χ4n) is 4.97. The van der Waals surface area contributed by atoms with Gasteiger partial charge in [-0.25, -0.2) is 13.2 Å². The van der Waals surface area contributed by atoms with Crippen molar-refractivity contribution in [3.63, 3.8) is 0 Å². The van der Waals surface area contributed by atoms with Crippen LogP contribution in [0.4, 0.5) is 30.2 Å². The highest BCUT2D eigenvalue weighted by Crippen LogP contribution is 2.49. The zero-order valence-electron chi connectivity index (χ0n) is 24.4. The Morgan fingerprint density at radius 3 is 2.06 bits per heavy atom. The Morgan fingerprint density at radius 1 is 0.830 bits per heavy atom. The molecule has 6 rings (SSSR count). The summed E-state index contributed by atoms with van der Waals surface area (Å²) in [5.74, 6) is -4.17. The van der Waals surface area contributed by atoms with Crippen LogP contribution in [0, 0.1) is 33.0 Å². The number of aromatic nitrogens is 1. The van der Waals surface area contributed by atoms with Crippen molar-refractivity contribution in [3.05, 3.63) is 113 Å². The van der Waals surface area contributed by atoms with Gasteiger partial charge in [-0.1, -0.05) is 0 Å². The second kappa shape index (κ2) is 12.0. The zero-order valence-corrected chi connectivity index (χ0v) is 24.4. The number of primary amides is 1. The second-order valence-corrected chi connectivity index (χ2v) is 10.6. The van der Waals surface area contributed by atoms with Gasteiger partial charge in [-0.15, -0.1) is 0 Å². The van der Waals surface area contributed by atoms with Crippen LogP contribution in [-0.4, -0.2) is 28.8 Å². The highest BCUT2D eigenvalue weighted by molar-refractivity contribution is 6.16. The third kappa shape index (κ3) is 5.83. The molecule has 4 aromatic carbocycles. The number of amides is 2. The first-order chi connectivity index (χ1) is 22.5. The number of fused-ring (bicyclic) bond motifs is 1. The maximum atomic E-state index is 15.7. The molecule has 238 valence electrons. The third-order valence-corrected chi connectivity index (χ3v) is 7.65. The number of carbonyl (C=O) groups excluding carboxylic acids is 2. The average molecular weight is 645 g/mol. The standard InChI is InChI=1S/C33H23F3N4O7/c1-45-29-17-25-22(16-30(29)47-28-9-7-21(40(43)44)15-24(28)36)26(10-13-38-25)46-27-8-6-20(14-23(27)35)39(19-4-2-18(34)3-5-19)32(42)33(11-12-33)31(37)41/h2-10,13-17H,11-12H2,1H3,(H2,37,41). The Balaban J connectivity index is 1.34. The number of nitro groups is 1. The van der Waals surface area contributed by atoms with E-state index < -0.39 is 45.3 Å². The molecular formula is C33H23F3N4O7. The Bertz CT molecular complexity index is 2070. The van der Waals surface area contributed by atoms with Crippen molar-refractivity contribution in [1.29, 1.82) is 0 Å². The number of halogens is 3. The van der Waals surface area contributed by atoms with E-state index in [9.17, 15) is 28.5 Å². The van der Waals surface area contributed by atoms with E-state index in [1.54, 1.807) is 0 Å². The van der Waals surface area contributed by atoms with Crippen LogP contribution in [0.3, 0.4) is 0 Å². The first-order valence-corrected chi connectivity index (χ1v) is 14.0. The van der Waals surface area contributed by atoms with Gasteiger partial charge in [0, 0.05) is 35.5 Å². The summed E-state index contributed by atoms with van der Waals surface area (Å²) < 4.78 is 60.9. The highest BCUT2D eigenvalue weighted by Gasteiger charge is 2.57. The van der Waals surface area contributed by atoms with E-state index in [-0.39, 0.29) is 53.0 Å². The molecule has 1 fully saturated rings. The van der Waals surface area contributed by atoms with Crippen molar-refractivity contribution in [2.24, 2.45) is 11.1 Å². The number of carbonyl (C=O) groups is 2. The minimum atomic E-state index is -1.45. The maximum absolute atomic E-state index is 15.7. The number of nitrogens with two attached hydrogens (primary N) is 1. The molecule has 0 radical (unpaired) electrons. The molecule has 0 aliphatic heterocycles. The molecule has 47 heavy (non-hydrogen) atoms. The number of hydrogen-bond acceptors (Lipinski definition) is 8. The summed E-state index contributed by atoms with van der Waals surface area (Å²) in [5, 5.41) is 11.3. The molecule has 0 spiro atoms. The molecule has 0 saturated heterocycles. The molecule has 0 bridgehead atoms. The third-order valence-electron chi connectivity index (χ3n) is 7.65. The molecular weight excluding hydrogens is 621 g/mol. The van der Waals surface area contributed by atoms with Gasteiger partial charge in [0.25, 0.3) is 5.69 Å². The number of ether oxygens (including phenoxy) is 3. The summed E-state index contributed by atoms with van der Waals surface area (Å²) in [6.07, 6.45) is 1.86. The zero-order chi connectivity index (χ0) is 33.5. The van der Waals surface area contributed by atoms with Crippen molar-refractivity contribution in [2.75, 3.05) is 12.0 Å². The quantitative estimate of drug-likeness (QED) is 0.0964. The summed E-state index contributed by atoms with van der Waals surface area (Å²) in [6, 6.07) is 15.9. The van der Waals surface area contributed by atoms with Crippen LogP contribution in [-0.2, 0) is 9.59 Å². The van der Waals surface area contributed by atoms with E-state index in [2.05, 4.69) is 4.98 Å². The number of non-ortho nitro benzene ring substituents is 1. The van der Waals surface area contributed by atoms with Crippen LogP contribution >= 0.6 is 0 Å². The van der Waals surface area contributed by atoms with E-state index >= 15 is 4.39 Å². The van der Waals surface area contributed by atoms with E-state index in [0.717, 1.165) is 35.2 Å². The van der Waals surface area contributed by atoms with Crippen LogP contribution in [0.25, 0.3) is 10.9 Å². The Kier molecular flexibility index (Phi) is 7.85. The number of anilines is 2. The molecule has 1 saturated carbocycles. The number of nitro benzene ring substituents is 1. The van der Waals surface area contributed by atoms with Gasteiger partial charge in [-0.2, -0.15) is 0 Å². The number of benzene rings is 4. The molecule has 1 aliphatic carbocycles. The minimum absolute atomic E-state index is 0.0123. The molecule has 5 aromatic rings. The lowest BCUT2D eigenvalue weighted by atomic mass is 10.0. The van der Waals surface area contributed by atoms with E-state index in [4.69, 9.17) is 19.9 Å². The average Bonchev–Trinajstić information content (AvgIpc) is 3.87. The maximum Gasteiger partial charge on any atom is 0.272 e. The SMILES string of the molecule is COc1cc2nccc(Oc3ccc(N(C(=O)C4(C(N)=O)CC4)c4ccc(F)cc4)cc3F)c2cc1Oc1ccc([N+](=O)[O-])cc1F. The molecule has 1 aromatic heterocycles. The van der Waals surface area contributed by atoms with E-state index in [1.165, 1.54) is 55.8 Å². The van der Waals surface area contributed by atoms with E-state index in [0.29, 0.717) is 17.0 Å². The fraction of sp³-hybridized carbons (Fsp3) is 0.121. The van der Waals surface area contributed by atoms with Crippen molar-refractivity contribution in [3.8, 4) is 28.7 Å². The van der Waals surface area contributed by atoms with Crippen LogP contribution < -0.4 is 24.8 Å². The lowest BCUT2D eigenvalue weighted by molar-refractivity contribution is -0.385. The fourth-order valence-corrected chi connectivity index (χ4v) is 4.97. The first kappa shape index (κ1) is 30.8. The number of rotatable bonds is 10. The van der Waals surface area contributed by atoms with Crippen LogP contribution in [0.5, 0.6) is 28.7 Å². The van der Waals surface area contributed by atoms with Crippen molar-refractivity contribution < 1.29 is 41.9 Å². The predicted octanol–water partition coefficient (Wildman–Crippen LogP) is 7.08. The number of hydrogen-bond donors (Lipinski definition) is 1. The van der Waals surface area contributed by atoms with Gasteiger partial charge < -0.3 is 19.9 Å². The monoisotopic (exact) mass is 644 g/mol. The molecule has 0 unspecified atom stereocenters.